The molecule has 0 unspecified atom stereocenters. The van der Waals surface area contributed by atoms with Crippen molar-refractivity contribution < 1.29 is 9.59 Å². The highest BCUT2D eigenvalue weighted by Gasteiger charge is 2.42. The van der Waals surface area contributed by atoms with Gasteiger partial charge in [-0.3, -0.25) is 19.4 Å². The third kappa shape index (κ3) is 7.62. The molecule has 8 aromatic carbocycles. The van der Waals surface area contributed by atoms with Gasteiger partial charge in [0.2, 0.25) is 0 Å². The number of hydrogen-bond donors (Lipinski definition) is 0. The van der Waals surface area contributed by atoms with Crippen molar-refractivity contribution in [1.82, 2.24) is 9.97 Å². The van der Waals surface area contributed by atoms with Crippen LogP contribution in [0.25, 0.3) is 55.5 Å². The van der Waals surface area contributed by atoms with Gasteiger partial charge in [-0.15, -0.1) is 0 Å². The zero-order chi connectivity index (χ0) is 48.2. The van der Waals surface area contributed by atoms with Crippen molar-refractivity contribution in [1.29, 1.82) is 0 Å². The molecule has 2 heterocycles. The van der Waals surface area contributed by atoms with Gasteiger partial charge in [0.1, 0.15) is 5.82 Å². The molecule has 0 fully saturated rings. The summed E-state index contributed by atoms with van der Waals surface area (Å²) in [6.07, 6.45) is 2.02. The number of carbonyl (C=O) groups is 2. The van der Waals surface area contributed by atoms with E-state index in [0.717, 1.165) is 83.6 Å². The molecular formula is C64H52N4O2. The molecule has 1 aliphatic heterocycles. The Labute approximate surface area is 410 Å². The van der Waals surface area contributed by atoms with Crippen LogP contribution in [0.1, 0.15) is 83.9 Å². The van der Waals surface area contributed by atoms with Crippen LogP contribution in [-0.2, 0) is 0 Å². The van der Waals surface area contributed by atoms with Crippen LogP contribution in [-0.4, -0.2) is 21.5 Å². The highest BCUT2D eigenvalue weighted by Crippen LogP contribution is 2.56. The highest BCUT2D eigenvalue weighted by atomic mass is 16.2. The van der Waals surface area contributed by atoms with E-state index in [2.05, 4.69) is 172 Å². The number of benzene rings is 8. The van der Waals surface area contributed by atoms with Gasteiger partial charge in [0.15, 0.2) is 23.2 Å². The Kier molecular flexibility index (Phi) is 11.2. The molecule has 0 saturated heterocycles. The number of hydrogen-bond acceptors (Lipinski definition) is 6. The summed E-state index contributed by atoms with van der Waals surface area (Å²) in [6.45, 7) is 12.9. The van der Waals surface area contributed by atoms with Crippen molar-refractivity contribution in [2.24, 2.45) is 0 Å². The van der Waals surface area contributed by atoms with Gasteiger partial charge in [0.05, 0.1) is 28.0 Å². The molecule has 11 rings (SSSR count). The first-order chi connectivity index (χ1) is 34.0. The van der Waals surface area contributed by atoms with Crippen LogP contribution in [0, 0.1) is 6.92 Å². The molecule has 0 radical (unpaired) electrons. The third-order valence-corrected chi connectivity index (χ3v) is 13.7. The van der Waals surface area contributed by atoms with E-state index in [1.165, 1.54) is 0 Å². The van der Waals surface area contributed by atoms with Crippen LogP contribution < -0.4 is 9.80 Å². The van der Waals surface area contributed by atoms with Crippen molar-refractivity contribution >= 4 is 45.6 Å². The number of aromatic nitrogens is 2. The van der Waals surface area contributed by atoms with Crippen LogP contribution in [0.5, 0.6) is 0 Å². The molecule has 0 atom stereocenters. The van der Waals surface area contributed by atoms with Gasteiger partial charge in [-0.05, 0) is 112 Å². The monoisotopic (exact) mass is 908 g/mol. The Morgan fingerprint density at radius 3 is 1.27 bits per heavy atom. The van der Waals surface area contributed by atoms with Gasteiger partial charge in [-0.25, -0.2) is 9.97 Å². The molecule has 0 bridgehead atoms. The number of nitrogens with zero attached hydrogens (tertiary/aromatic N) is 4. The summed E-state index contributed by atoms with van der Waals surface area (Å²) >= 11 is 0. The van der Waals surface area contributed by atoms with E-state index in [0.29, 0.717) is 34.2 Å². The third-order valence-electron chi connectivity index (χ3n) is 13.7. The first-order valence-corrected chi connectivity index (χ1v) is 24.1. The first-order valence-electron chi connectivity index (χ1n) is 24.1. The Morgan fingerprint density at radius 1 is 0.443 bits per heavy atom. The number of ketones is 2. The minimum atomic E-state index is -0.273. The molecule has 6 heteroatoms. The lowest BCUT2D eigenvalue weighted by molar-refractivity contribution is 0.0987. The van der Waals surface area contributed by atoms with E-state index < -0.39 is 0 Å². The first kappa shape index (κ1) is 44.1. The molecule has 70 heavy (non-hydrogen) atoms. The number of allylic oxidation sites excluding steroid dienone is 3. The molecule has 340 valence electrons. The van der Waals surface area contributed by atoms with Gasteiger partial charge in [-0.1, -0.05) is 191 Å². The molecule has 0 spiro atoms. The summed E-state index contributed by atoms with van der Waals surface area (Å²) in [6, 6.07) is 64.7. The topological polar surface area (TPSA) is 66.4 Å². The van der Waals surface area contributed by atoms with Gasteiger partial charge in [0.25, 0.3) is 0 Å². The summed E-state index contributed by atoms with van der Waals surface area (Å²) in [5, 5.41) is 0. The quantitative estimate of drug-likeness (QED) is 0.106. The number of aryl methyl sites for hydroxylation is 1. The second-order valence-corrected chi connectivity index (χ2v) is 19.0. The van der Waals surface area contributed by atoms with Crippen LogP contribution >= 0.6 is 0 Å². The summed E-state index contributed by atoms with van der Waals surface area (Å²) < 4.78 is 0. The lowest BCUT2D eigenvalue weighted by Crippen LogP contribution is -2.25. The number of Topliss-reactive ketones (excluding diaryl/α,β-unsaturated/α-hetero) is 2. The minimum Gasteiger partial charge on any atom is -0.288 e. The van der Waals surface area contributed by atoms with Crippen molar-refractivity contribution in [3.8, 4) is 44.5 Å². The molecule has 0 amide bonds. The van der Waals surface area contributed by atoms with Crippen LogP contribution in [0.2, 0.25) is 0 Å². The number of anilines is 4. The van der Waals surface area contributed by atoms with Gasteiger partial charge >= 0.3 is 0 Å². The number of rotatable bonds is 9. The Bertz CT molecular complexity index is 3420. The Morgan fingerprint density at radius 2 is 0.829 bits per heavy atom. The summed E-state index contributed by atoms with van der Waals surface area (Å²) in [7, 11) is 0. The summed E-state index contributed by atoms with van der Waals surface area (Å²) in [4.78, 5) is 44.5. The molecule has 0 saturated carbocycles. The maximum absolute atomic E-state index is 14.4. The molecule has 1 aromatic heterocycles. The molecular weight excluding hydrogens is 857 g/mol. The second-order valence-electron chi connectivity index (χ2n) is 19.0. The second kappa shape index (κ2) is 17.9. The lowest BCUT2D eigenvalue weighted by Gasteiger charge is -2.32. The van der Waals surface area contributed by atoms with Crippen molar-refractivity contribution in [2.75, 3.05) is 9.80 Å². The molecule has 2 aliphatic rings. The minimum absolute atomic E-state index is 0.129. The van der Waals surface area contributed by atoms with E-state index in [1.807, 2.05) is 61.5 Å². The lowest BCUT2D eigenvalue weighted by atomic mass is 9.91. The standard InChI is InChI=1S/C64H52N4O2/c1-39(2)49-24-17-25-50(40(3)4)59(49)67-57(38-42(6)58-61(69)51-22-13-14-23-52(51)62(58)70)68(64-63(67)65-55-26-15-16-27-56(55)66-64)60-53(47-32-28-45(29-33-47)43-18-9-7-10-19-43)36-41(5)37-54(60)48-34-30-46(31-35-48)44-20-11-8-12-21-44/h7-40H,1-6H3/b57-38+. The highest BCUT2D eigenvalue weighted by molar-refractivity contribution is 6.40. The van der Waals surface area contributed by atoms with Gasteiger partial charge in [0, 0.05) is 22.3 Å². The summed E-state index contributed by atoms with van der Waals surface area (Å²) in [5.74, 6) is 1.71. The molecule has 6 nitrogen and oxygen atoms in total. The fraction of sp³-hybridized carbons (Fsp3) is 0.125. The molecule has 0 N–H and O–H groups in total. The average molecular weight is 909 g/mol. The van der Waals surface area contributed by atoms with E-state index in [-0.39, 0.29) is 29.0 Å². The predicted molar refractivity (Wildman–Crippen MR) is 287 cm³/mol. The number of fused-ring (bicyclic) bond motifs is 3. The smallest absolute Gasteiger partial charge is 0.197 e. The van der Waals surface area contributed by atoms with E-state index in [9.17, 15) is 9.59 Å². The van der Waals surface area contributed by atoms with E-state index in [1.54, 1.807) is 12.1 Å². The van der Waals surface area contributed by atoms with Gasteiger partial charge < -0.3 is 0 Å². The van der Waals surface area contributed by atoms with Crippen LogP contribution in [0.3, 0.4) is 0 Å². The Balaban J connectivity index is 1.26. The SMILES string of the molecule is CC(/C=C1/N(c2c(-c3ccc(-c4ccccc4)cc3)cc(C)cc2-c2ccc(-c3ccccc3)cc2)c2nc3ccccc3nc2N1c1c(C(C)C)cccc1C(C)C)=C1C(=O)c2ccccc2C1=O. The maximum Gasteiger partial charge on any atom is 0.197 e. The van der Waals surface area contributed by atoms with Crippen LogP contribution in [0.15, 0.2) is 211 Å². The average Bonchev–Trinajstić information content (AvgIpc) is 3.83. The van der Waals surface area contributed by atoms with Crippen molar-refractivity contribution in [3.05, 3.63) is 239 Å². The molecule has 1 aliphatic carbocycles. The largest absolute Gasteiger partial charge is 0.288 e. The fourth-order valence-corrected chi connectivity index (χ4v) is 10.2. The zero-order valence-electron chi connectivity index (χ0n) is 40.2. The van der Waals surface area contributed by atoms with Crippen molar-refractivity contribution in [3.63, 3.8) is 0 Å². The zero-order valence-corrected chi connectivity index (χ0v) is 40.2. The van der Waals surface area contributed by atoms with E-state index in [4.69, 9.17) is 9.97 Å². The number of carbonyl (C=O) groups excluding carboxylic acids is 2. The normalized spacial score (nSPS) is 13.8. The predicted octanol–water partition coefficient (Wildman–Crippen LogP) is 16.4. The summed E-state index contributed by atoms with van der Waals surface area (Å²) in [5.41, 5.74) is 16.9. The van der Waals surface area contributed by atoms with E-state index >= 15 is 0 Å². The fourth-order valence-electron chi connectivity index (χ4n) is 10.2. The number of para-hydroxylation sites is 3. The Hall–Kier alpha value is -8.48. The van der Waals surface area contributed by atoms with Gasteiger partial charge in [-0.2, -0.15) is 0 Å². The molecule has 9 aromatic rings. The van der Waals surface area contributed by atoms with Crippen LogP contribution in [0.4, 0.5) is 23.0 Å². The van der Waals surface area contributed by atoms with Crippen molar-refractivity contribution in [2.45, 2.75) is 53.4 Å². The maximum atomic E-state index is 14.4.